The molecule has 4 nitrogen and oxygen atoms in total. The molecular weight excluding hydrogens is 248 g/mol. The summed E-state index contributed by atoms with van der Waals surface area (Å²) in [6.45, 7) is 8.34. The zero-order valence-electron chi connectivity index (χ0n) is 12.9. The second-order valence-electron chi connectivity index (χ2n) is 6.67. The normalized spacial score (nSPS) is 20.0. The molecule has 1 aromatic rings. The molecule has 3 rings (SSSR count). The minimum Gasteiger partial charge on any atom is -0.370 e. The van der Waals surface area contributed by atoms with Gasteiger partial charge in [0.05, 0.1) is 0 Å². The van der Waals surface area contributed by atoms with E-state index in [1.807, 2.05) is 6.07 Å². The average Bonchev–Trinajstić information content (AvgIpc) is 3.27. The Kier molecular flexibility index (Phi) is 3.57. The second-order valence-corrected chi connectivity index (χ2v) is 6.67. The van der Waals surface area contributed by atoms with E-state index in [9.17, 15) is 0 Å². The van der Waals surface area contributed by atoms with Crippen LogP contribution in [-0.4, -0.2) is 23.1 Å². The van der Waals surface area contributed by atoms with E-state index >= 15 is 0 Å². The summed E-state index contributed by atoms with van der Waals surface area (Å²) < 4.78 is 0. The summed E-state index contributed by atoms with van der Waals surface area (Å²) in [5.74, 6) is 4.17. The summed E-state index contributed by atoms with van der Waals surface area (Å²) in [5.41, 5.74) is 0.599. The van der Waals surface area contributed by atoms with Crippen LogP contribution in [0.5, 0.6) is 0 Å². The first-order chi connectivity index (χ1) is 9.63. The molecule has 2 N–H and O–H groups in total. The van der Waals surface area contributed by atoms with Gasteiger partial charge in [0.1, 0.15) is 17.5 Å². The van der Waals surface area contributed by atoms with Crippen molar-refractivity contribution in [2.75, 3.05) is 23.7 Å². The summed E-state index contributed by atoms with van der Waals surface area (Å²) in [6.07, 6.45) is 5.66. The van der Waals surface area contributed by atoms with Crippen molar-refractivity contribution in [3.63, 3.8) is 0 Å². The van der Waals surface area contributed by atoms with Crippen molar-refractivity contribution in [1.82, 2.24) is 9.97 Å². The summed E-state index contributed by atoms with van der Waals surface area (Å²) in [7, 11) is 0. The number of hydrogen-bond acceptors (Lipinski definition) is 4. The molecule has 2 aliphatic carbocycles. The third-order valence-corrected chi connectivity index (χ3v) is 4.57. The lowest BCUT2D eigenvalue weighted by Crippen LogP contribution is -2.19. The molecule has 0 bridgehead atoms. The molecular formula is C16H26N4. The van der Waals surface area contributed by atoms with Crippen LogP contribution in [0.15, 0.2) is 6.07 Å². The summed E-state index contributed by atoms with van der Waals surface area (Å²) in [6, 6.07) is 2.04. The summed E-state index contributed by atoms with van der Waals surface area (Å²) >= 11 is 0. The van der Waals surface area contributed by atoms with Gasteiger partial charge in [0.15, 0.2) is 0 Å². The Morgan fingerprint density at radius 2 is 1.85 bits per heavy atom. The lowest BCUT2D eigenvalue weighted by molar-refractivity contribution is 0.466. The molecule has 0 amide bonds. The Hall–Kier alpha value is -1.32. The lowest BCUT2D eigenvalue weighted by Gasteiger charge is -2.17. The SMILES string of the molecule is CCNc1cc(NCC2(C3CC3)CC2)nc(C(C)C)n1. The Bertz CT molecular complexity index is 475. The van der Waals surface area contributed by atoms with E-state index in [0.29, 0.717) is 11.3 Å². The van der Waals surface area contributed by atoms with Crippen LogP contribution in [0.3, 0.4) is 0 Å². The molecule has 0 aliphatic heterocycles. The molecule has 0 atom stereocenters. The van der Waals surface area contributed by atoms with Crippen molar-refractivity contribution in [2.24, 2.45) is 11.3 Å². The number of nitrogens with one attached hydrogen (secondary N) is 2. The third-order valence-electron chi connectivity index (χ3n) is 4.57. The smallest absolute Gasteiger partial charge is 0.135 e. The van der Waals surface area contributed by atoms with Crippen LogP contribution in [0.2, 0.25) is 0 Å². The lowest BCUT2D eigenvalue weighted by atomic mass is 10.0. The van der Waals surface area contributed by atoms with Crippen molar-refractivity contribution in [1.29, 1.82) is 0 Å². The fraction of sp³-hybridized carbons (Fsp3) is 0.750. The van der Waals surface area contributed by atoms with E-state index in [4.69, 9.17) is 0 Å². The molecule has 0 spiro atoms. The summed E-state index contributed by atoms with van der Waals surface area (Å²) in [4.78, 5) is 9.23. The van der Waals surface area contributed by atoms with Crippen molar-refractivity contribution in [3.8, 4) is 0 Å². The first kappa shape index (κ1) is 13.7. The maximum absolute atomic E-state index is 4.66. The Morgan fingerprint density at radius 1 is 1.20 bits per heavy atom. The number of anilines is 2. The number of aromatic nitrogens is 2. The van der Waals surface area contributed by atoms with E-state index in [1.165, 1.54) is 25.7 Å². The van der Waals surface area contributed by atoms with Crippen LogP contribution in [0.25, 0.3) is 0 Å². The highest BCUT2D eigenvalue weighted by molar-refractivity contribution is 5.48. The highest BCUT2D eigenvalue weighted by Gasteiger charge is 2.53. The molecule has 0 saturated heterocycles. The predicted octanol–water partition coefficient (Wildman–Crippen LogP) is 3.63. The monoisotopic (exact) mass is 274 g/mol. The molecule has 0 radical (unpaired) electrons. The largest absolute Gasteiger partial charge is 0.370 e. The van der Waals surface area contributed by atoms with Crippen molar-refractivity contribution < 1.29 is 0 Å². The van der Waals surface area contributed by atoms with Crippen LogP contribution >= 0.6 is 0 Å². The molecule has 110 valence electrons. The Morgan fingerprint density at radius 3 is 2.35 bits per heavy atom. The van der Waals surface area contributed by atoms with Gasteiger partial charge in [0.25, 0.3) is 0 Å². The van der Waals surface area contributed by atoms with Gasteiger partial charge >= 0.3 is 0 Å². The second kappa shape index (κ2) is 5.23. The van der Waals surface area contributed by atoms with Gasteiger partial charge in [-0.05, 0) is 43.9 Å². The van der Waals surface area contributed by atoms with Gasteiger partial charge in [-0.1, -0.05) is 13.8 Å². The quantitative estimate of drug-likeness (QED) is 0.797. The Labute approximate surface area is 121 Å². The van der Waals surface area contributed by atoms with E-state index in [0.717, 1.165) is 36.5 Å². The molecule has 1 heterocycles. The minimum atomic E-state index is 0.354. The highest BCUT2D eigenvalue weighted by atomic mass is 15.1. The van der Waals surface area contributed by atoms with Crippen LogP contribution in [-0.2, 0) is 0 Å². The van der Waals surface area contributed by atoms with Gasteiger partial charge in [0.2, 0.25) is 0 Å². The first-order valence-electron chi connectivity index (χ1n) is 8.00. The van der Waals surface area contributed by atoms with Gasteiger partial charge < -0.3 is 10.6 Å². The molecule has 20 heavy (non-hydrogen) atoms. The molecule has 2 aliphatic rings. The number of nitrogens with zero attached hydrogens (tertiary/aromatic N) is 2. The standard InChI is InChI=1S/C16H26N4/c1-4-17-13-9-14(20-15(19-13)11(2)3)18-10-16(7-8-16)12-5-6-12/h9,11-12H,4-8,10H2,1-3H3,(H2,17,18,19,20). The zero-order valence-corrected chi connectivity index (χ0v) is 12.9. The Balaban J connectivity index is 1.70. The third kappa shape index (κ3) is 2.89. The minimum absolute atomic E-state index is 0.354. The molecule has 4 heteroatoms. The first-order valence-corrected chi connectivity index (χ1v) is 8.00. The molecule has 2 fully saturated rings. The van der Waals surface area contributed by atoms with Gasteiger partial charge in [-0.15, -0.1) is 0 Å². The van der Waals surface area contributed by atoms with Gasteiger partial charge in [-0.25, -0.2) is 9.97 Å². The topological polar surface area (TPSA) is 49.8 Å². The predicted molar refractivity (Wildman–Crippen MR) is 83.2 cm³/mol. The van der Waals surface area contributed by atoms with Crippen LogP contribution in [0.1, 0.15) is 58.2 Å². The van der Waals surface area contributed by atoms with Gasteiger partial charge in [0, 0.05) is 25.1 Å². The average molecular weight is 274 g/mol. The van der Waals surface area contributed by atoms with E-state index in [2.05, 4.69) is 41.4 Å². The molecule has 1 aromatic heterocycles. The van der Waals surface area contributed by atoms with Gasteiger partial charge in [-0.2, -0.15) is 0 Å². The van der Waals surface area contributed by atoms with Crippen molar-refractivity contribution >= 4 is 11.6 Å². The van der Waals surface area contributed by atoms with Crippen LogP contribution in [0.4, 0.5) is 11.6 Å². The fourth-order valence-electron chi connectivity index (χ4n) is 2.94. The molecule has 0 unspecified atom stereocenters. The number of hydrogen-bond donors (Lipinski definition) is 2. The van der Waals surface area contributed by atoms with E-state index in [-0.39, 0.29) is 0 Å². The summed E-state index contributed by atoms with van der Waals surface area (Å²) in [5, 5.41) is 6.87. The fourth-order valence-corrected chi connectivity index (χ4v) is 2.94. The molecule has 2 saturated carbocycles. The van der Waals surface area contributed by atoms with Crippen LogP contribution < -0.4 is 10.6 Å². The maximum atomic E-state index is 4.66. The maximum Gasteiger partial charge on any atom is 0.135 e. The van der Waals surface area contributed by atoms with Crippen molar-refractivity contribution in [3.05, 3.63) is 11.9 Å². The number of rotatable bonds is 7. The van der Waals surface area contributed by atoms with Crippen LogP contribution in [0, 0.1) is 11.3 Å². The highest BCUT2D eigenvalue weighted by Crippen LogP contribution is 2.61. The zero-order chi connectivity index (χ0) is 14.2. The van der Waals surface area contributed by atoms with E-state index in [1.54, 1.807) is 0 Å². The molecule has 0 aromatic carbocycles. The van der Waals surface area contributed by atoms with E-state index < -0.39 is 0 Å². The van der Waals surface area contributed by atoms with Gasteiger partial charge in [-0.3, -0.25) is 0 Å². The van der Waals surface area contributed by atoms with Crippen molar-refractivity contribution in [2.45, 2.75) is 52.4 Å².